The van der Waals surface area contributed by atoms with Crippen molar-refractivity contribution in [1.82, 2.24) is 9.78 Å². The van der Waals surface area contributed by atoms with Crippen LogP contribution in [0, 0.1) is 6.57 Å². The molecular weight excluding hydrogens is 286 g/mol. The summed E-state index contributed by atoms with van der Waals surface area (Å²) in [6, 6.07) is 17.9. The van der Waals surface area contributed by atoms with Gasteiger partial charge in [-0.3, -0.25) is 4.79 Å². The first-order valence-corrected chi connectivity index (χ1v) is 7.23. The average molecular weight is 301 g/mol. The van der Waals surface area contributed by atoms with Crippen LogP contribution in [0.15, 0.2) is 54.6 Å². The summed E-state index contributed by atoms with van der Waals surface area (Å²) in [5.41, 5.74) is 4.11. The molecule has 0 aliphatic rings. The Hall–Kier alpha value is -3.19. The molecule has 0 saturated heterocycles. The van der Waals surface area contributed by atoms with Gasteiger partial charge in [-0.2, -0.15) is 4.68 Å². The zero-order valence-electron chi connectivity index (χ0n) is 12.9. The molecule has 0 fully saturated rings. The number of ketones is 1. The molecule has 3 rings (SSSR count). The highest BCUT2D eigenvalue weighted by molar-refractivity contribution is 6.02. The number of carbonyl (C=O) groups is 1. The highest BCUT2D eigenvalue weighted by Crippen LogP contribution is 2.34. The molecule has 4 nitrogen and oxygen atoms in total. The van der Waals surface area contributed by atoms with Crippen molar-refractivity contribution in [2.45, 2.75) is 6.92 Å². The number of Topliss-reactive ketones (excluding diaryl/α,β-unsaturated/α-hetero) is 1. The molecule has 112 valence electrons. The van der Waals surface area contributed by atoms with Crippen LogP contribution in [0.25, 0.3) is 27.1 Å². The Balaban J connectivity index is 2.10. The topological polar surface area (TPSA) is 39.2 Å². The van der Waals surface area contributed by atoms with Crippen molar-refractivity contribution in [1.29, 1.82) is 0 Å². The third-order valence-electron chi connectivity index (χ3n) is 3.75. The molecule has 0 unspecified atom stereocenters. The van der Waals surface area contributed by atoms with Crippen LogP contribution in [0.3, 0.4) is 0 Å². The molecule has 0 bridgehead atoms. The van der Waals surface area contributed by atoms with Gasteiger partial charge in [0.2, 0.25) is 0 Å². The van der Waals surface area contributed by atoms with Gasteiger partial charge in [0.15, 0.2) is 5.78 Å². The molecule has 3 aromatic rings. The predicted molar refractivity (Wildman–Crippen MR) is 90.3 cm³/mol. The number of nitrogens with zero attached hydrogens (tertiary/aromatic N) is 3. The summed E-state index contributed by atoms with van der Waals surface area (Å²) in [6.07, 6.45) is 0. The van der Waals surface area contributed by atoms with Gasteiger partial charge in [0.05, 0.1) is 7.05 Å². The van der Waals surface area contributed by atoms with Gasteiger partial charge >= 0.3 is 5.82 Å². The van der Waals surface area contributed by atoms with E-state index in [0.29, 0.717) is 11.3 Å². The Labute approximate surface area is 134 Å². The van der Waals surface area contributed by atoms with Crippen LogP contribution in [-0.2, 0) is 7.05 Å². The zero-order valence-corrected chi connectivity index (χ0v) is 12.9. The number of rotatable bonds is 3. The maximum absolute atomic E-state index is 11.9. The van der Waals surface area contributed by atoms with E-state index in [0.717, 1.165) is 16.7 Å². The van der Waals surface area contributed by atoms with Gasteiger partial charge < -0.3 is 4.85 Å². The van der Waals surface area contributed by atoms with Crippen LogP contribution in [-0.4, -0.2) is 15.6 Å². The molecule has 1 aromatic heterocycles. The fraction of sp³-hybridized carbons (Fsp3) is 0.105. The lowest BCUT2D eigenvalue weighted by atomic mass is 9.99. The molecule has 23 heavy (non-hydrogen) atoms. The van der Waals surface area contributed by atoms with Gasteiger partial charge in [0.25, 0.3) is 0 Å². The molecule has 0 atom stereocenters. The van der Waals surface area contributed by atoms with Crippen molar-refractivity contribution in [3.05, 3.63) is 71.7 Å². The molecule has 0 aliphatic carbocycles. The molecule has 4 heteroatoms. The summed E-state index contributed by atoms with van der Waals surface area (Å²) in [6.45, 7) is 8.79. The lowest BCUT2D eigenvalue weighted by Gasteiger charge is -2.06. The van der Waals surface area contributed by atoms with Crippen LogP contribution in [0.1, 0.15) is 17.4 Å². The summed E-state index contributed by atoms with van der Waals surface area (Å²) in [5, 5.41) is 4.15. The van der Waals surface area contributed by atoms with E-state index >= 15 is 0 Å². The molecule has 0 spiro atoms. The molecule has 0 N–H and O–H groups in total. The van der Waals surface area contributed by atoms with Crippen LogP contribution < -0.4 is 0 Å². The molecular formula is C19H15N3O. The van der Waals surface area contributed by atoms with Gasteiger partial charge in [-0.1, -0.05) is 61.2 Å². The van der Waals surface area contributed by atoms with E-state index in [9.17, 15) is 4.79 Å². The Kier molecular flexibility index (Phi) is 3.78. The lowest BCUT2D eigenvalue weighted by molar-refractivity contribution is 0.100. The smallest absolute Gasteiger partial charge is 0.304 e. The quantitative estimate of drug-likeness (QED) is 0.527. The minimum Gasteiger partial charge on any atom is -0.358 e. The number of aromatic nitrogens is 2. The second-order valence-electron chi connectivity index (χ2n) is 5.28. The zero-order chi connectivity index (χ0) is 16.4. The largest absolute Gasteiger partial charge is 0.358 e. The number of carbonyl (C=O) groups excluding carboxylic acids is 1. The summed E-state index contributed by atoms with van der Waals surface area (Å²) in [4.78, 5) is 15.4. The van der Waals surface area contributed by atoms with Gasteiger partial charge in [-0.25, -0.2) is 0 Å². The second kappa shape index (κ2) is 5.90. The maximum Gasteiger partial charge on any atom is 0.304 e. The highest BCUT2D eigenvalue weighted by Gasteiger charge is 2.22. The van der Waals surface area contributed by atoms with Gasteiger partial charge in [0, 0.05) is 12.5 Å². The van der Waals surface area contributed by atoms with E-state index in [1.165, 1.54) is 11.6 Å². The Morgan fingerprint density at radius 1 is 1.00 bits per heavy atom. The fourth-order valence-electron chi connectivity index (χ4n) is 2.72. The van der Waals surface area contributed by atoms with E-state index < -0.39 is 0 Å². The van der Waals surface area contributed by atoms with Crippen molar-refractivity contribution in [2.75, 3.05) is 0 Å². The van der Waals surface area contributed by atoms with E-state index in [4.69, 9.17) is 6.57 Å². The molecule has 0 aliphatic heterocycles. The molecule has 2 aromatic carbocycles. The Bertz CT molecular complexity index is 900. The third kappa shape index (κ3) is 2.65. The van der Waals surface area contributed by atoms with Crippen LogP contribution in [0.2, 0.25) is 0 Å². The third-order valence-corrected chi connectivity index (χ3v) is 3.75. The summed E-state index contributed by atoms with van der Waals surface area (Å²) < 4.78 is 1.48. The first-order valence-electron chi connectivity index (χ1n) is 7.23. The monoisotopic (exact) mass is 301 g/mol. The number of hydrogen-bond acceptors (Lipinski definition) is 2. The van der Waals surface area contributed by atoms with Gasteiger partial charge in [-0.05, 0) is 21.8 Å². The fourth-order valence-corrected chi connectivity index (χ4v) is 2.72. The molecule has 0 amide bonds. The summed E-state index contributed by atoms with van der Waals surface area (Å²) in [5.74, 6) is 0.155. The summed E-state index contributed by atoms with van der Waals surface area (Å²) >= 11 is 0. The standard InChI is InChI=1S/C19H15N3O/c1-13(23)18-17(19(20-2)21-22(18)3)16-11-9-15(10-12-16)14-7-5-4-6-8-14/h4-12H,1,3H3. The van der Waals surface area contributed by atoms with Crippen LogP contribution in [0.5, 0.6) is 0 Å². The van der Waals surface area contributed by atoms with Gasteiger partial charge in [0.1, 0.15) is 5.69 Å². The minimum atomic E-state index is -0.1000. The SMILES string of the molecule is [C-]#[N+]c1nn(C)c(C(C)=O)c1-c1ccc(-c2ccccc2)cc1. The number of aryl methyl sites for hydroxylation is 1. The molecule has 1 heterocycles. The normalized spacial score (nSPS) is 10.3. The first kappa shape index (κ1) is 14.7. The second-order valence-corrected chi connectivity index (χ2v) is 5.28. The Morgan fingerprint density at radius 3 is 2.13 bits per heavy atom. The molecule has 0 radical (unpaired) electrons. The van der Waals surface area contributed by atoms with Crippen molar-refractivity contribution in [3.63, 3.8) is 0 Å². The van der Waals surface area contributed by atoms with Crippen LogP contribution in [0.4, 0.5) is 5.82 Å². The van der Waals surface area contributed by atoms with Crippen molar-refractivity contribution < 1.29 is 4.79 Å². The lowest BCUT2D eigenvalue weighted by Crippen LogP contribution is -2.04. The first-order chi connectivity index (χ1) is 11.1. The van der Waals surface area contributed by atoms with E-state index in [1.54, 1.807) is 7.05 Å². The summed E-state index contributed by atoms with van der Waals surface area (Å²) in [7, 11) is 1.69. The van der Waals surface area contributed by atoms with Crippen molar-refractivity contribution in [2.24, 2.45) is 7.05 Å². The molecule has 0 saturated carbocycles. The Morgan fingerprint density at radius 2 is 1.57 bits per heavy atom. The highest BCUT2D eigenvalue weighted by atomic mass is 16.1. The van der Waals surface area contributed by atoms with Gasteiger partial charge in [-0.15, -0.1) is 0 Å². The van der Waals surface area contributed by atoms with Crippen molar-refractivity contribution in [3.8, 4) is 22.3 Å². The predicted octanol–water partition coefficient (Wildman–Crippen LogP) is 4.51. The average Bonchev–Trinajstić information content (AvgIpc) is 2.92. The minimum absolute atomic E-state index is 0.1000. The number of benzene rings is 2. The number of hydrogen-bond donors (Lipinski definition) is 0. The van der Waals surface area contributed by atoms with E-state index in [2.05, 4.69) is 9.94 Å². The maximum atomic E-state index is 11.9. The van der Waals surface area contributed by atoms with E-state index in [-0.39, 0.29) is 11.6 Å². The van der Waals surface area contributed by atoms with E-state index in [1.807, 2.05) is 54.6 Å². The van der Waals surface area contributed by atoms with Crippen molar-refractivity contribution >= 4 is 11.6 Å². The van der Waals surface area contributed by atoms with Crippen LogP contribution >= 0.6 is 0 Å².